The maximum Gasteiger partial charge on any atom is 0.243 e. The summed E-state index contributed by atoms with van der Waals surface area (Å²) in [7, 11) is 5.52. The van der Waals surface area contributed by atoms with Crippen molar-refractivity contribution in [1.82, 2.24) is 15.1 Å². The summed E-state index contributed by atoms with van der Waals surface area (Å²) in [5.41, 5.74) is 0. The third-order valence-electron chi connectivity index (χ3n) is 3.31. The van der Waals surface area contributed by atoms with Gasteiger partial charge < -0.3 is 15.1 Å². The number of halogens is 1. The van der Waals surface area contributed by atoms with Crippen molar-refractivity contribution in [3.63, 3.8) is 0 Å². The second-order valence-electron chi connectivity index (χ2n) is 5.46. The van der Waals surface area contributed by atoms with E-state index >= 15 is 0 Å². The van der Waals surface area contributed by atoms with Gasteiger partial charge in [-0.05, 0) is 24.3 Å². The van der Waals surface area contributed by atoms with Gasteiger partial charge in [-0.25, -0.2) is 4.99 Å². The standard InChI is InChI=1S/C16H28N4OS.HI/c1-5-6-10-17-16(18-13-15(21)19(2)3)20(4)11-9-14-8-7-12-22-14;/h7-8,12H,5-6,9-11,13H2,1-4H3,(H,17,18);1H. The molecule has 0 fully saturated rings. The van der Waals surface area contributed by atoms with Gasteiger partial charge in [-0.1, -0.05) is 19.4 Å². The first-order valence-electron chi connectivity index (χ1n) is 7.76. The first kappa shape index (κ1) is 22.2. The predicted molar refractivity (Wildman–Crippen MR) is 110 cm³/mol. The van der Waals surface area contributed by atoms with Crippen molar-refractivity contribution in [2.75, 3.05) is 40.8 Å². The van der Waals surface area contributed by atoms with Gasteiger partial charge in [-0.3, -0.25) is 4.79 Å². The smallest absolute Gasteiger partial charge is 0.243 e. The molecular weight excluding hydrogens is 423 g/mol. The fourth-order valence-electron chi connectivity index (χ4n) is 1.81. The van der Waals surface area contributed by atoms with Crippen LogP contribution in [0.5, 0.6) is 0 Å². The quantitative estimate of drug-likeness (QED) is 0.286. The number of nitrogens with zero attached hydrogens (tertiary/aromatic N) is 3. The van der Waals surface area contributed by atoms with Crippen LogP contribution >= 0.6 is 35.3 Å². The van der Waals surface area contributed by atoms with Crippen molar-refractivity contribution >= 4 is 47.2 Å². The molecule has 0 radical (unpaired) electrons. The number of rotatable bonds is 8. The Balaban J connectivity index is 0.00000484. The number of hydrogen-bond donors (Lipinski definition) is 1. The Morgan fingerprint density at radius 3 is 2.65 bits per heavy atom. The third kappa shape index (κ3) is 9.14. The van der Waals surface area contributed by atoms with Gasteiger partial charge in [0.25, 0.3) is 0 Å². The van der Waals surface area contributed by atoms with Crippen LogP contribution in [-0.2, 0) is 11.2 Å². The molecule has 0 aromatic carbocycles. The number of unbranched alkanes of at least 4 members (excludes halogenated alkanes) is 1. The molecule has 23 heavy (non-hydrogen) atoms. The molecule has 1 amide bonds. The maximum atomic E-state index is 11.7. The van der Waals surface area contributed by atoms with Crippen molar-refractivity contribution in [2.24, 2.45) is 4.99 Å². The van der Waals surface area contributed by atoms with Crippen molar-refractivity contribution in [3.8, 4) is 0 Å². The summed E-state index contributed by atoms with van der Waals surface area (Å²) < 4.78 is 0. The average Bonchev–Trinajstić information content (AvgIpc) is 3.01. The topological polar surface area (TPSA) is 47.9 Å². The van der Waals surface area contributed by atoms with Gasteiger partial charge in [0.05, 0.1) is 0 Å². The lowest BCUT2D eigenvalue weighted by Gasteiger charge is -2.22. The fourth-order valence-corrected chi connectivity index (χ4v) is 2.51. The highest BCUT2D eigenvalue weighted by Gasteiger charge is 2.09. The number of guanidine groups is 1. The Labute approximate surface area is 161 Å². The van der Waals surface area contributed by atoms with E-state index in [1.54, 1.807) is 30.3 Å². The number of carbonyl (C=O) groups excluding carboxylic acids is 1. The van der Waals surface area contributed by atoms with Gasteiger partial charge in [0, 0.05) is 39.1 Å². The SMILES string of the molecule is CCCCNC(=NCC(=O)N(C)C)N(C)CCc1cccs1.I. The molecule has 132 valence electrons. The lowest BCUT2D eigenvalue weighted by molar-refractivity contribution is -0.127. The highest BCUT2D eigenvalue weighted by atomic mass is 127. The molecule has 0 aliphatic heterocycles. The molecule has 0 unspecified atom stereocenters. The minimum absolute atomic E-state index is 0. The summed E-state index contributed by atoms with van der Waals surface area (Å²) in [4.78, 5) is 21.2. The molecule has 1 aromatic rings. The van der Waals surface area contributed by atoms with Crippen LogP contribution in [0.2, 0.25) is 0 Å². The van der Waals surface area contributed by atoms with Crippen LogP contribution in [0.1, 0.15) is 24.6 Å². The van der Waals surface area contributed by atoms with E-state index in [9.17, 15) is 4.79 Å². The number of likely N-dealkylation sites (N-methyl/N-ethyl adjacent to an activating group) is 2. The zero-order chi connectivity index (χ0) is 16.4. The molecule has 0 atom stereocenters. The molecule has 0 aliphatic carbocycles. The minimum atomic E-state index is 0. The van der Waals surface area contributed by atoms with Gasteiger partial charge in [-0.15, -0.1) is 35.3 Å². The van der Waals surface area contributed by atoms with E-state index in [0.29, 0.717) is 0 Å². The molecule has 1 rings (SSSR count). The highest BCUT2D eigenvalue weighted by Crippen LogP contribution is 2.09. The summed E-state index contributed by atoms with van der Waals surface area (Å²) in [6.07, 6.45) is 3.22. The zero-order valence-corrected chi connectivity index (χ0v) is 17.7. The molecule has 1 heterocycles. The van der Waals surface area contributed by atoms with Crippen molar-refractivity contribution in [1.29, 1.82) is 0 Å². The van der Waals surface area contributed by atoms with Gasteiger partial charge >= 0.3 is 0 Å². The van der Waals surface area contributed by atoms with E-state index in [1.165, 1.54) is 4.88 Å². The number of aliphatic imine (C=N–C) groups is 1. The average molecular weight is 452 g/mol. The van der Waals surface area contributed by atoms with E-state index in [0.717, 1.165) is 38.3 Å². The summed E-state index contributed by atoms with van der Waals surface area (Å²) in [5.74, 6) is 0.821. The van der Waals surface area contributed by atoms with Crippen LogP contribution in [0.15, 0.2) is 22.5 Å². The number of carbonyl (C=O) groups is 1. The Kier molecular flexibility index (Phi) is 12.1. The minimum Gasteiger partial charge on any atom is -0.356 e. The van der Waals surface area contributed by atoms with E-state index < -0.39 is 0 Å². The molecule has 1 aromatic heterocycles. The van der Waals surface area contributed by atoms with Crippen LogP contribution in [0.4, 0.5) is 0 Å². The molecule has 0 spiro atoms. The molecule has 5 nitrogen and oxygen atoms in total. The van der Waals surface area contributed by atoms with Crippen molar-refractivity contribution in [2.45, 2.75) is 26.2 Å². The van der Waals surface area contributed by atoms with Gasteiger partial charge in [0.2, 0.25) is 5.91 Å². The van der Waals surface area contributed by atoms with E-state index in [-0.39, 0.29) is 36.4 Å². The van der Waals surface area contributed by atoms with Crippen LogP contribution < -0.4 is 5.32 Å². The molecule has 1 N–H and O–H groups in total. The highest BCUT2D eigenvalue weighted by molar-refractivity contribution is 14.0. The maximum absolute atomic E-state index is 11.7. The third-order valence-corrected chi connectivity index (χ3v) is 4.25. The lowest BCUT2D eigenvalue weighted by atomic mass is 10.3. The Morgan fingerprint density at radius 1 is 1.35 bits per heavy atom. The second-order valence-corrected chi connectivity index (χ2v) is 6.49. The first-order chi connectivity index (χ1) is 10.5. The normalized spacial score (nSPS) is 10.9. The fraction of sp³-hybridized carbons (Fsp3) is 0.625. The number of hydrogen-bond acceptors (Lipinski definition) is 3. The summed E-state index contributed by atoms with van der Waals surface area (Å²) in [6.45, 7) is 4.11. The monoisotopic (exact) mass is 452 g/mol. The largest absolute Gasteiger partial charge is 0.356 e. The number of nitrogens with one attached hydrogen (secondary N) is 1. The van der Waals surface area contributed by atoms with Crippen LogP contribution in [0.25, 0.3) is 0 Å². The molecule has 0 saturated carbocycles. The predicted octanol–water partition coefficient (Wildman–Crippen LogP) is 2.67. The number of thiophene rings is 1. The molecule has 0 saturated heterocycles. The molecule has 0 aliphatic rings. The van der Waals surface area contributed by atoms with Crippen LogP contribution in [0.3, 0.4) is 0 Å². The summed E-state index contributed by atoms with van der Waals surface area (Å²) in [6, 6.07) is 4.22. The van der Waals surface area contributed by atoms with Crippen molar-refractivity contribution in [3.05, 3.63) is 22.4 Å². The molecular formula is C16H29IN4OS. The van der Waals surface area contributed by atoms with Gasteiger partial charge in [0.1, 0.15) is 6.54 Å². The van der Waals surface area contributed by atoms with Crippen LogP contribution in [0, 0.1) is 0 Å². The Bertz CT molecular complexity index is 463. The van der Waals surface area contributed by atoms with E-state index in [1.807, 2.05) is 7.05 Å². The lowest BCUT2D eigenvalue weighted by Crippen LogP contribution is -2.41. The summed E-state index contributed by atoms with van der Waals surface area (Å²) >= 11 is 1.77. The first-order valence-corrected chi connectivity index (χ1v) is 8.64. The van der Waals surface area contributed by atoms with E-state index in [2.05, 4.69) is 39.6 Å². The molecule has 0 bridgehead atoms. The Morgan fingerprint density at radius 2 is 2.09 bits per heavy atom. The van der Waals surface area contributed by atoms with Crippen molar-refractivity contribution < 1.29 is 4.79 Å². The van der Waals surface area contributed by atoms with Gasteiger partial charge in [-0.2, -0.15) is 0 Å². The van der Waals surface area contributed by atoms with Gasteiger partial charge in [0.15, 0.2) is 5.96 Å². The van der Waals surface area contributed by atoms with E-state index in [4.69, 9.17) is 0 Å². The van der Waals surface area contributed by atoms with Crippen LogP contribution in [-0.4, -0.2) is 62.4 Å². The zero-order valence-electron chi connectivity index (χ0n) is 14.5. The second kappa shape index (κ2) is 12.6. The Hall–Kier alpha value is -0.830. The molecule has 7 heteroatoms. The number of amides is 1. The summed E-state index contributed by atoms with van der Waals surface area (Å²) in [5, 5.41) is 5.45.